The average Bonchev–Trinajstić information content (AvgIpc) is 2.96. The van der Waals surface area contributed by atoms with Crippen molar-refractivity contribution in [2.75, 3.05) is 0 Å². The average molecular weight is 230 g/mol. The summed E-state index contributed by atoms with van der Waals surface area (Å²) < 4.78 is 1.79. The lowest BCUT2D eigenvalue weighted by Crippen LogP contribution is -2.09. The van der Waals surface area contributed by atoms with Crippen LogP contribution in [0.3, 0.4) is 0 Å². The molecule has 2 heterocycles. The van der Waals surface area contributed by atoms with E-state index in [4.69, 9.17) is 4.84 Å². The molecule has 0 spiro atoms. The maximum absolute atomic E-state index is 5.67. The third kappa shape index (κ3) is 1.67. The van der Waals surface area contributed by atoms with Crippen LogP contribution in [-0.2, 0) is 6.61 Å². The predicted molar refractivity (Wildman–Crippen MR) is 64.3 cm³/mol. The van der Waals surface area contributed by atoms with Crippen molar-refractivity contribution < 1.29 is 4.84 Å². The van der Waals surface area contributed by atoms with Gasteiger partial charge in [0, 0.05) is 23.2 Å². The quantitative estimate of drug-likeness (QED) is 0.691. The fraction of sp³-hybridized carbons (Fsp3) is 0.0833. The Bertz CT molecular complexity index is 586. The molecule has 16 heavy (non-hydrogen) atoms. The Kier molecular flexibility index (Phi) is 2.34. The molecule has 2 aromatic heterocycles. The summed E-state index contributed by atoms with van der Waals surface area (Å²) in [4.78, 5) is 9.84. The molecule has 3 nitrogen and oxygen atoms in total. The lowest BCUT2D eigenvalue weighted by Gasteiger charge is -2.05. The Morgan fingerprint density at radius 1 is 1.25 bits per heavy atom. The highest BCUT2D eigenvalue weighted by molar-refractivity contribution is 7.09. The van der Waals surface area contributed by atoms with Gasteiger partial charge < -0.3 is 4.84 Å². The molecule has 0 fully saturated rings. The van der Waals surface area contributed by atoms with Crippen LogP contribution < -0.4 is 4.84 Å². The van der Waals surface area contributed by atoms with E-state index in [0.29, 0.717) is 6.61 Å². The third-order valence-corrected chi connectivity index (χ3v) is 3.13. The minimum atomic E-state index is 0.510. The molecule has 0 aliphatic carbocycles. The predicted octanol–water partition coefficient (Wildman–Crippen LogP) is 2.73. The van der Waals surface area contributed by atoms with Gasteiger partial charge in [0.1, 0.15) is 5.01 Å². The molecule has 0 saturated heterocycles. The second-order valence-electron chi connectivity index (χ2n) is 3.40. The number of hydrogen-bond donors (Lipinski definition) is 0. The van der Waals surface area contributed by atoms with Crippen LogP contribution in [0.25, 0.3) is 10.9 Å². The van der Waals surface area contributed by atoms with Gasteiger partial charge in [0.05, 0.1) is 5.52 Å². The molecule has 4 heteroatoms. The highest BCUT2D eigenvalue weighted by Gasteiger charge is 2.01. The van der Waals surface area contributed by atoms with Crippen LogP contribution in [0.4, 0.5) is 0 Å². The molecule has 0 aliphatic rings. The molecule has 0 atom stereocenters. The Labute approximate surface area is 96.9 Å². The second kappa shape index (κ2) is 3.98. The largest absolute Gasteiger partial charge is 0.407 e. The summed E-state index contributed by atoms with van der Waals surface area (Å²) in [5, 5.41) is 4.12. The molecular formula is C12H10N2OS. The molecular weight excluding hydrogens is 220 g/mol. The number of nitrogens with zero attached hydrogens (tertiary/aromatic N) is 2. The number of hydrogen-bond acceptors (Lipinski definition) is 3. The SMILES string of the molecule is c1ccc2c(c1)ccn2OCc1nccs1. The Morgan fingerprint density at radius 2 is 2.19 bits per heavy atom. The van der Waals surface area contributed by atoms with E-state index in [1.54, 1.807) is 22.3 Å². The summed E-state index contributed by atoms with van der Waals surface area (Å²) in [7, 11) is 0. The van der Waals surface area contributed by atoms with Crippen molar-refractivity contribution in [2.24, 2.45) is 0 Å². The molecule has 1 aromatic carbocycles. The summed E-state index contributed by atoms with van der Waals surface area (Å²) >= 11 is 1.60. The number of fused-ring (bicyclic) bond motifs is 1. The zero-order valence-electron chi connectivity index (χ0n) is 8.54. The van der Waals surface area contributed by atoms with Crippen LogP contribution in [0, 0.1) is 0 Å². The van der Waals surface area contributed by atoms with E-state index >= 15 is 0 Å². The van der Waals surface area contributed by atoms with Crippen molar-refractivity contribution in [1.82, 2.24) is 9.71 Å². The lowest BCUT2D eigenvalue weighted by atomic mass is 10.3. The summed E-state index contributed by atoms with van der Waals surface area (Å²) in [6.45, 7) is 0.510. The van der Waals surface area contributed by atoms with Crippen molar-refractivity contribution in [3.05, 3.63) is 53.1 Å². The monoisotopic (exact) mass is 230 g/mol. The lowest BCUT2D eigenvalue weighted by molar-refractivity contribution is 0.107. The van der Waals surface area contributed by atoms with Crippen LogP contribution in [0.2, 0.25) is 0 Å². The molecule has 0 unspecified atom stereocenters. The number of aromatic nitrogens is 2. The number of rotatable bonds is 3. The Balaban J connectivity index is 1.84. The first kappa shape index (κ1) is 9.42. The molecule has 3 rings (SSSR count). The van der Waals surface area contributed by atoms with Crippen LogP contribution >= 0.6 is 11.3 Å². The summed E-state index contributed by atoms with van der Waals surface area (Å²) in [5.41, 5.74) is 1.08. The van der Waals surface area contributed by atoms with Gasteiger partial charge in [0.15, 0.2) is 6.61 Å². The van der Waals surface area contributed by atoms with Gasteiger partial charge in [-0.3, -0.25) is 0 Å². The van der Waals surface area contributed by atoms with Crippen molar-refractivity contribution in [3.8, 4) is 0 Å². The van der Waals surface area contributed by atoms with Gasteiger partial charge in [-0.25, -0.2) is 4.98 Å². The molecule has 0 bridgehead atoms. The zero-order chi connectivity index (χ0) is 10.8. The molecule has 0 saturated carbocycles. The van der Waals surface area contributed by atoms with Gasteiger partial charge in [0.25, 0.3) is 0 Å². The zero-order valence-corrected chi connectivity index (χ0v) is 9.35. The van der Waals surface area contributed by atoms with Crippen LogP contribution in [0.5, 0.6) is 0 Å². The molecule has 0 radical (unpaired) electrons. The van der Waals surface area contributed by atoms with Gasteiger partial charge in [-0.15, -0.1) is 11.3 Å². The molecule has 3 aromatic rings. The fourth-order valence-corrected chi connectivity index (χ4v) is 2.14. The van der Waals surface area contributed by atoms with Gasteiger partial charge in [-0.1, -0.05) is 18.2 Å². The summed E-state index contributed by atoms with van der Waals surface area (Å²) in [6, 6.07) is 10.2. The first-order chi connectivity index (χ1) is 7.93. The van der Waals surface area contributed by atoms with E-state index in [1.165, 1.54) is 5.39 Å². The van der Waals surface area contributed by atoms with Crippen LogP contribution in [0.15, 0.2) is 48.1 Å². The van der Waals surface area contributed by atoms with Crippen LogP contribution in [-0.4, -0.2) is 9.71 Å². The number of thiazole rings is 1. The first-order valence-corrected chi connectivity index (χ1v) is 5.89. The molecule has 0 aliphatic heterocycles. The van der Waals surface area contributed by atoms with E-state index in [-0.39, 0.29) is 0 Å². The highest BCUT2D eigenvalue weighted by Crippen LogP contribution is 2.14. The Morgan fingerprint density at radius 3 is 3.06 bits per heavy atom. The van der Waals surface area contributed by atoms with Crippen molar-refractivity contribution in [3.63, 3.8) is 0 Å². The standard InChI is InChI=1S/C12H10N2OS/c1-2-4-11-10(3-1)5-7-14(11)15-9-12-13-6-8-16-12/h1-8H,9H2. The second-order valence-corrected chi connectivity index (χ2v) is 4.38. The first-order valence-electron chi connectivity index (χ1n) is 5.01. The molecule has 80 valence electrons. The van der Waals surface area contributed by atoms with E-state index < -0.39 is 0 Å². The topological polar surface area (TPSA) is 27.1 Å². The summed E-state index contributed by atoms with van der Waals surface area (Å²) in [5.74, 6) is 0. The number of para-hydroxylation sites is 1. The molecule has 0 amide bonds. The fourth-order valence-electron chi connectivity index (χ4n) is 1.62. The van der Waals surface area contributed by atoms with Crippen molar-refractivity contribution in [2.45, 2.75) is 6.61 Å². The van der Waals surface area contributed by atoms with E-state index in [2.05, 4.69) is 11.1 Å². The minimum Gasteiger partial charge on any atom is -0.407 e. The maximum atomic E-state index is 5.67. The van der Waals surface area contributed by atoms with Gasteiger partial charge in [-0.2, -0.15) is 4.73 Å². The van der Waals surface area contributed by atoms with Gasteiger partial charge >= 0.3 is 0 Å². The van der Waals surface area contributed by atoms with E-state index in [9.17, 15) is 0 Å². The normalized spacial score (nSPS) is 10.8. The van der Waals surface area contributed by atoms with Gasteiger partial charge in [0.2, 0.25) is 0 Å². The van der Waals surface area contributed by atoms with Crippen molar-refractivity contribution >= 4 is 22.2 Å². The summed E-state index contributed by atoms with van der Waals surface area (Å²) in [6.07, 6.45) is 3.72. The number of benzene rings is 1. The van der Waals surface area contributed by atoms with Gasteiger partial charge in [-0.05, 0) is 12.1 Å². The minimum absolute atomic E-state index is 0.510. The smallest absolute Gasteiger partial charge is 0.166 e. The van der Waals surface area contributed by atoms with Crippen LogP contribution in [0.1, 0.15) is 5.01 Å². The third-order valence-electron chi connectivity index (χ3n) is 2.37. The highest BCUT2D eigenvalue weighted by atomic mass is 32.1. The Hall–Kier alpha value is -1.81. The molecule has 0 N–H and O–H groups in total. The van der Waals surface area contributed by atoms with E-state index in [0.717, 1.165) is 10.5 Å². The maximum Gasteiger partial charge on any atom is 0.166 e. The van der Waals surface area contributed by atoms with E-state index in [1.807, 2.05) is 35.8 Å². The van der Waals surface area contributed by atoms with Crippen molar-refractivity contribution in [1.29, 1.82) is 0 Å².